The van der Waals surface area contributed by atoms with Gasteiger partial charge in [-0.1, -0.05) is 18.2 Å². The summed E-state index contributed by atoms with van der Waals surface area (Å²) in [6.45, 7) is 5.09. The highest BCUT2D eigenvalue weighted by Crippen LogP contribution is 2.40. The fourth-order valence-corrected chi connectivity index (χ4v) is 6.60. The number of sulfonamides is 1. The normalized spacial score (nSPS) is 20.4. The number of ether oxygens (including phenoxy) is 2. The van der Waals surface area contributed by atoms with Crippen molar-refractivity contribution in [3.05, 3.63) is 53.1 Å². The fraction of sp³-hybridized carbons (Fsp3) is 0.400. The Balaban J connectivity index is 1.54. The molecule has 0 aliphatic carbocycles. The van der Waals surface area contributed by atoms with Crippen LogP contribution >= 0.6 is 11.8 Å². The second-order valence-corrected chi connectivity index (χ2v) is 10.2. The van der Waals surface area contributed by atoms with Crippen LogP contribution in [-0.2, 0) is 10.0 Å². The largest absolute Gasteiger partial charge is 0.454 e. The van der Waals surface area contributed by atoms with E-state index in [2.05, 4.69) is 6.07 Å². The summed E-state index contributed by atoms with van der Waals surface area (Å²) >= 11 is 1.80. The molecule has 5 nitrogen and oxygen atoms in total. The average molecular weight is 406 g/mol. The Bertz CT molecular complexity index is 958. The average Bonchev–Trinajstić information content (AvgIpc) is 2.97. The highest BCUT2D eigenvalue weighted by Gasteiger charge is 2.30. The highest BCUT2D eigenvalue weighted by molar-refractivity contribution is 7.99. The van der Waals surface area contributed by atoms with E-state index in [1.165, 1.54) is 0 Å². The van der Waals surface area contributed by atoms with Gasteiger partial charge in [0.05, 0.1) is 4.90 Å². The highest BCUT2D eigenvalue weighted by atomic mass is 32.2. The van der Waals surface area contributed by atoms with Gasteiger partial charge in [-0.25, -0.2) is 8.42 Å². The number of fused-ring (bicyclic) bond motifs is 1. The van der Waals surface area contributed by atoms with Gasteiger partial charge in [-0.3, -0.25) is 0 Å². The SMILES string of the molecule is Cc1ccc(C)c(S(=O)(=O)N2CCS[C@@H](c3ccc4c(c3)OCO4)CC2)c1. The lowest BCUT2D eigenvalue weighted by atomic mass is 10.1. The predicted molar refractivity (Wildman–Crippen MR) is 107 cm³/mol. The molecule has 144 valence electrons. The van der Waals surface area contributed by atoms with Crippen molar-refractivity contribution in [2.45, 2.75) is 30.4 Å². The lowest BCUT2D eigenvalue weighted by Gasteiger charge is -2.21. The molecule has 1 atom stereocenters. The first-order chi connectivity index (χ1) is 12.9. The Kier molecular flexibility index (Phi) is 5.09. The monoisotopic (exact) mass is 405 g/mol. The van der Waals surface area contributed by atoms with Crippen molar-refractivity contribution in [2.75, 3.05) is 25.6 Å². The van der Waals surface area contributed by atoms with E-state index >= 15 is 0 Å². The molecule has 0 unspecified atom stereocenters. The van der Waals surface area contributed by atoms with E-state index in [1.807, 2.05) is 38.1 Å². The van der Waals surface area contributed by atoms with Crippen LogP contribution in [-0.4, -0.2) is 38.4 Å². The molecule has 1 saturated heterocycles. The molecule has 0 bridgehead atoms. The summed E-state index contributed by atoms with van der Waals surface area (Å²) in [5, 5.41) is 0.248. The maximum atomic E-state index is 13.2. The molecule has 2 aromatic rings. The van der Waals surface area contributed by atoms with Crippen molar-refractivity contribution in [3.8, 4) is 11.5 Å². The van der Waals surface area contributed by atoms with Gasteiger partial charge in [-0.05, 0) is 55.2 Å². The van der Waals surface area contributed by atoms with Crippen molar-refractivity contribution >= 4 is 21.8 Å². The van der Waals surface area contributed by atoms with Gasteiger partial charge in [0.25, 0.3) is 0 Å². The van der Waals surface area contributed by atoms with Crippen LogP contribution in [0.25, 0.3) is 0 Å². The zero-order valence-corrected chi connectivity index (χ0v) is 17.1. The number of aryl methyl sites for hydroxylation is 2. The summed E-state index contributed by atoms with van der Waals surface area (Å²) in [5.41, 5.74) is 2.92. The zero-order valence-electron chi connectivity index (χ0n) is 15.5. The van der Waals surface area contributed by atoms with Gasteiger partial charge in [0.15, 0.2) is 11.5 Å². The molecule has 0 saturated carbocycles. The van der Waals surface area contributed by atoms with Gasteiger partial charge in [0.2, 0.25) is 16.8 Å². The number of rotatable bonds is 3. The molecule has 27 heavy (non-hydrogen) atoms. The van der Waals surface area contributed by atoms with Crippen LogP contribution in [0.2, 0.25) is 0 Å². The summed E-state index contributed by atoms with van der Waals surface area (Å²) in [5.74, 6) is 2.32. The van der Waals surface area contributed by atoms with E-state index in [0.29, 0.717) is 18.0 Å². The molecule has 2 aromatic carbocycles. The minimum absolute atomic E-state index is 0.248. The Labute approximate surface area is 164 Å². The third kappa shape index (κ3) is 3.68. The number of thioether (sulfide) groups is 1. The van der Waals surface area contributed by atoms with Gasteiger partial charge in [0, 0.05) is 24.1 Å². The first kappa shape index (κ1) is 18.7. The summed E-state index contributed by atoms with van der Waals surface area (Å²) in [6.07, 6.45) is 0.772. The van der Waals surface area contributed by atoms with Gasteiger partial charge in [-0.2, -0.15) is 16.1 Å². The molecule has 0 aromatic heterocycles. The smallest absolute Gasteiger partial charge is 0.243 e. The summed E-state index contributed by atoms with van der Waals surface area (Å²) in [6, 6.07) is 11.6. The minimum atomic E-state index is -3.48. The molecule has 7 heteroatoms. The molecular formula is C20H23NO4S2. The first-order valence-electron chi connectivity index (χ1n) is 9.04. The van der Waals surface area contributed by atoms with Gasteiger partial charge >= 0.3 is 0 Å². The van der Waals surface area contributed by atoms with E-state index in [1.54, 1.807) is 22.1 Å². The zero-order chi connectivity index (χ0) is 19.0. The summed E-state index contributed by atoms with van der Waals surface area (Å²) < 4.78 is 38.9. The van der Waals surface area contributed by atoms with Crippen LogP contribution in [0, 0.1) is 13.8 Å². The van der Waals surface area contributed by atoms with Crippen LogP contribution in [0.3, 0.4) is 0 Å². The Morgan fingerprint density at radius 3 is 2.70 bits per heavy atom. The van der Waals surface area contributed by atoms with Crippen LogP contribution < -0.4 is 9.47 Å². The summed E-state index contributed by atoms with van der Waals surface area (Å²) in [7, 11) is -3.48. The van der Waals surface area contributed by atoms with Crippen molar-refractivity contribution in [3.63, 3.8) is 0 Å². The van der Waals surface area contributed by atoms with Crippen molar-refractivity contribution < 1.29 is 17.9 Å². The lowest BCUT2D eigenvalue weighted by molar-refractivity contribution is 0.174. The summed E-state index contributed by atoms with van der Waals surface area (Å²) in [4.78, 5) is 0.425. The second kappa shape index (κ2) is 7.37. The molecule has 1 fully saturated rings. The third-order valence-electron chi connectivity index (χ3n) is 5.03. The van der Waals surface area contributed by atoms with Crippen molar-refractivity contribution in [1.82, 2.24) is 4.31 Å². The maximum absolute atomic E-state index is 13.2. The molecule has 0 amide bonds. The Hall–Kier alpha value is -1.70. The standard InChI is InChI=1S/C20H23NO4S2/c1-14-3-4-15(2)20(11-14)27(22,23)21-8-7-19(26-10-9-21)16-5-6-17-18(12-16)25-13-24-17/h3-6,11-12,19H,7-10,13H2,1-2H3/t19-/m1/s1. The molecule has 0 spiro atoms. The molecule has 2 heterocycles. The number of benzene rings is 2. The van der Waals surface area contributed by atoms with E-state index in [4.69, 9.17) is 9.47 Å². The van der Waals surface area contributed by atoms with E-state index in [-0.39, 0.29) is 12.0 Å². The number of hydrogen-bond acceptors (Lipinski definition) is 5. The predicted octanol–water partition coefficient (Wildman–Crippen LogP) is 3.90. The van der Waals surface area contributed by atoms with E-state index in [0.717, 1.165) is 40.4 Å². The van der Waals surface area contributed by atoms with Crippen LogP contribution in [0.1, 0.15) is 28.4 Å². The van der Waals surface area contributed by atoms with Crippen LogP contribution in [0.15, 0.2) is 41.3 Å². The quantitative estimate of drug-likeness (QED) is 0.775. The van der Waals surface area contributed by atoms with Crippen molar-refractivity contribution in [1.29, 1.82) is 0 Å². The van der Waals surface area contributed by atoms with Gasteiger partial charge in [-0.15, -0.1) is 0 Å². The first-order valence-corrected chi connectivity index (χ1v) is 11.5. The van der Waals surface area contributed by atoms with Gasteiger partial charge < -0.3 is 9.47 Å². The van der Waals surface area contributed by atoms with E-state index in [9.17, 15) is 8.42 Å². The molecule has 2 aliphatic heterocycles. The minimum Gasteiger partial charge on any atom is -0.454 e. The van der Waals surface area contributed by atoms with Crippen molar-refractivity contribution in [2.24, 2.45) is 0 Å². The second-order valence-electron chi connectivity index (χ2n) is 6.93. The molecular weight excluding hydrogens is 382 g/mol. The number of hydrogen-bond donors (Lipinski definition) is 0. The number of nitrogens with zero attached hydrogens (tertiary/aromatic N) is 1. The topological polar surface area (TPSA) is 55.8 Å². The lowest BCUT2D eigenvalue weighted by Crippen LogP contribution is -2.33. The Morgan fingerprint density at radius 1 is 1.04 bits per heavy atom. The molecule has 0 radical (unpaired) electrons. The Morgan fingerprint density at radius 2 is 1.85 bits per heavy atom. The van der Waals surface area contributed by atoms with Crippen LogP contribution in [0.5, 0.6) is 11.5 Å². The molecule has 0 N–H and O–H groups in total. The van der Waals surface area contributed by atoms with Crippen LogP contribution in [0.4, 0.5) is 0 Å². The van der Waals surface area contributed by atoms with Gasteiger partial charge in [0.1, 0.15) is 0 Å². The fourth-order valence-electron chi connectivity index (χ4n) is 3.49. The molecule has 2 aliphatic rings. The maximum Gasteiger partial charge on any atom is 0.243 e. The molecule has 4 rings (SSSR count). The van der Waals surface area contributed by atoms with E-state index < -0.39 is 10.0 Å². The third-order valence-corrected chi connectivity index (χ3v) is 8.40.